The summed E-state index contributed by atoms with van der Waals surface area (Å²) in [4.78, 5) is 12.0. The molecule has 0 aliphatic heterocycles. The minimum atomic E-state index is 0.807. The Hall–Kier alpha value is -2.27. The number of aromatic nitrogens is 3. The van der Waals surface area contributed by atoms with Crippen molar-refractivity contribution in [2.24, 2.45) is 0 Å². The number of thiazole rings is 1. The lowest BCUT2D eigenvalue weighted by molar-refractivity contribution is 1.25. The van der Waals surface area contributed by atoms with Crippen molar-refractivity contribution in [1.29, 1.82) is 0 Å². The van der Waals surface area contributed by atoms with Crippen molar-refractivity contribution in [3.63, 3.8) is 0 Å². The van der Waals surface area contributed by atoms with Gasteiger partial charge >= 0.3 is 0 Å². The lowest BCUT2D eigenvalue weighted by Gasteiger charge is -2.02. The van der Waals surface area contributed by atoms with Crippen LogP contribution in [-0.4, -0.2) is 15.0 Å². The molecule has 0 aromatic carbocycles. The van der Waals surface area contributed by atoms with E-state index in [1.807, 2.05) is 41.8 Å². The van der Waals surface area contributed by atoms with Crippen molar-refractivity contribution in [3.05, 3.63) is 65.9 Å². The summed E-state index contributed by atoms with van der Waals surface area (Å²) >= 11 is 1.60. The molecule has 3 rings (SSSR count). The Kier molecular flexibility index (Phi) is 4.83. The Labute approximate surface area is 109 Å². The van der Waals surface area contributed by atoms with E-state index in [1.165, 1.54) is 0 Å². The zero-order valence-electron chi connectivity index (χ0n) is 9.60. The first kappa shape index (κ1) is 12.2. The Bertz CT molecular complexity index is 471. The first-order valence-corrected chi connectivity index (χ1v) is 6.30. The van der Waals surface area contributed by atoms with Gasteiger partial charge in [-0.3, -0.25) is 4.98 Å². The number of nitrogens with one attached hydrogen (secondary N) is 1. The van der Waals surface area contributed by atoms with Crippen LogP contribution in [0.1, 0.15) is 0 Å². The second-order valence-corrected chi connectivity index (χ2v) is 3.99. The predicted molar refractivity (Wildman–Crippen MR) is 73.9 cm³/mol. The van der Waals surface area contributed by atoms with Crippen LogP contribution in [0, 0.1) is 0 Å². The number of nitrogens with zero attached hydrogens (tertiary/aromatic N) is 3. The predicted octanol–water partition coefficient (Wildman–Crippen LogP) is 3.36. The molecule has 0 aliphatic rings. The smallest absolute Gasteiger partial charge is 0.131 e. The molecule has 18 heavy (non-hydrogen) atoms. The molecule has 0 radical (unpaired) electrons. The lowest BCUT2D eigenvalue weighted by Crippen LogP contribution is -1.93. The third-order valence-corrected chi connectivity index (χ3v) is 2.46. The Balaban J connectivity index is 0.000000202. The summed E-state index contributed by atoms with van der Waals surface area (Å²) in [6.45, 7) is 0. The van der Waals surface area contributed by atoms with Gasteiger partial charge in [0.05, 0.1) is 5.51 Å². The van der Waals surface area contributed by atoms with E-state index >= 15 is 0 Å². The van der Waals surface area contributed by atoms with E-state index in [0.717, 1.165) is 11.6 Å². The first-order valence-electron chi connectivity index (χ1n) is 5.36. The van der Waals surface area contributed by atoms with Gasteiger partial charge in [-0.05, 0) is 24.3 Å². The van der Waals surface area contributed by atoms with Crippen LogP contribution in [0.15, 0.2) is 65.9 Å². The number of pyridine rings is 2. The van der Waals surface area contributed by atoms with Gasteiger partial charge in [-0.1, -0.05) is 12.1 Å². The molecule has 3 aromatic rings. The molecule has 4 nitrogen and oxygen atoms in total. The summed E-state index contributed by atoms with van der Waals surface area (Å²) in [6.07, 6.45) is 5.25. The van der Waals surface area contributed by atoms with E-state index in [0.29, 0.717) is 0 Å². The molecule has 90 valence electrons. The second kappa shape index (κ2) is 7.13. The molecule has 1 N–H and O–H groups in total. The summed E-state index contributed by atoms with van der Waals surface area (Å²) in [5.74, 6) is 1.61. The number of hydrogen-bond acceptors (Lipinski definition) is 5. The van der Waals surface area contributed by atoms with Crippen LogP contribution in [0.5, 0.6) is 0 Å². The molecule has 5 heteroatoms. The van der Waals surface area contributed by atoms with Gasteiger partial charge in [-0.25, -0.2) is 9.97 Å². The molecule has 0 bridgehead atoms. The van der Waals surface area contributed by atoms with E-state index in [9.17, 15) is 0 Å². The van der Waals surface area contributed by atoms with Crippen molar-refractivity contribution in [1.82, 2.24) is 15.0 Å². The van der Waals surface area contributed by atoms with E-state index in [2.05, 4.69) is 20.3 Å². The van der Waals surface area contributed by atoms with Crippen LogP contribution < -0.4 is 5.32 Å². The van der Waals surface area contributed by atoms with Crippen LogP contribution >= 0.6 is 11.3 Å². The van der Waals surface area contributed by atoms with Crippen molar-refractivity contribution in [2.45, 2.75) is 0 Å². The molecule has 3 heterocycles. The first-order chi connectivity index (χ1) is 8.95. The van der Waals surface area contributed by atoms with Gasteiger partial charge in [0.2, 0.25) is 0 Å². The van der Waals surface area contributed by atoms with E-state index in [1.54, 1.807) is 35.4 Å². The molecule has 0 saturated heterocycles. The lowest BCUT2D eigenvalue weighted by atomic mass is 10.4. The summed E-state index contributed by atoms with van der Waals surface area (Å²) in [5, 5.41) is 5.01. The Morgan fingerprint density at radius 2 is 1.50 bits per heavy atom. The maximum absolute atomic E-state index is 4.12. The number of rotatable bonds is 2. The normalized spacial score (nSPS) is 9.11. The van der Waals surface area contributed by atoms with E-state index in [4.69, 9.17) is 0 Å². The highest BCUT2D eigenvalue weighted by molar-refractivity contribution is 7.07. The molecular weight excluding hydrogens is 244 g/mol. The fraction of sp³-hybridized carbons (Fsp3) is 0. The van der Waals surface area contributed by atoms with Crippen molar-refractivity contribution < 1.29 is 0 Å². The highest BCUT2D eigenvalue weighted by Gasteiger charge is 1.92. The SMILES string of the molecule is c1ccc(Nc2ccccn2)nc1.c1cscn1. The van der Waals surface area contributed by atoms with Crippen LogP contribution in [0.3, 0.4) is 0 Å². The van der Waals surface area contributed by atoms with Gasteiger partial charge in [0.25, 0.3) is 0 Å². The standard InChI is InChI=1S/C10H9N3.C3H3NS/c1-3-7-11-9(5-1)13-10-6-2-4-8-12-10;1-2-5-3-4-1/h1-8H,(H,11,12,13);1-3H. The minimum absolute atomic E-state index is 0.807. The number of anilines is 2. The molecule has 0 atom stereocenters. The largest absolute Gasteiger partial charge is 0.325 e. The van der Waals surface area contributed by atoms with Crippen molar-refractivity contribution in [2.75, 3.05) is 5.32 Å². The fourth-order valence-electron chi connectivity index (χ4n) is 1.18. The molecular formula is C13H12N4S. The van der Waals surface area contributed by atoms with Crippen LogP contribution in [0.25, 0.3) is 0 Å². The minimum Gasteiger partial charge on any atom is -0.325 e. The maximum atomic E-state index is 4.12. The molecule has 0 fully saturated rings. The Morgan fingerprint density at radius 1 is 0.833 bits per heavy atom. The summed E-state index contributed by atoms with van der Waals surface area (Å²) in [7, 11) is 0. The summed E-state index contributed by atoms with van der Waals surface area (Å²) in [5.41, 5.74) is 1.79. The quantitative estimate of drug-likeness (QED) is 0.763. The van der Waals surface area contributed by atoms with Gasteiger partial charge in [-0.2, -0.15) is 0 Å². The molecule has 0 spiro atoms. The zero-order chi connectivity index (χ0) is 12.5. The molecule has 0 amide bonds. The van der Waals surface area contributed by atoms with Gasteiger partial charge < -0.3 is 5.32 Å². The molecule has 0 aliphatic carbocycles. The highest BCUT2D eigenvalue weighted by Crippen LogP contribution is 2.08. The van der Waals surface area contributed by atoms with Crippen LogP contribution in [0.4, 0.5) is 11.6 Å². The topological polar surface area (TPSA) is 50.7 Å². The molecule has 0 saturated carbocycles. The summed E-state index contributed by atoms with van der Waals surface area (Å²) in [6, 6.07) is 11.4. The zero-order valence-corrected chi connectivity index (χ0v) is 10.4. The maximum Gasteiger partial charge on any atom is 0.131 e. The Morgan fingerprint density at radius 3 is 1.83 bits per heavy atom. The van der Waals surface area contributed by atoms with Crippen LogP contribution in [-0.2, 0) is 0 Å². The van der Waals surface area contributed by atoms with Gasteiger partial charge in [-0.15, -0.1) is 11.3 Å². The third-order valence-electron chi connectivity index (χ3n) is 1.93. The molecule has 3 aromatic heterocycles. The fourth-order valence-corrected chi connectivity index (χ4v) is 1.53. The van der Waals surface area contributed by atoms with Crippen molar-refractivity contribution >= 4 is 23.0 Å². The third kappa shape index (κ3) is 4.31. The monoisotopic (exact) mass is 256 g/mol. The molecule has 0 unspecified atom stereocenters. The average molecular weight is 256 g/mol. The van der Waals surface area contributed by atoms with Crippen molar-refractivity contribution in [3.8, 4) is 0 Å². The van der Waals surface area contributed by atoms with Gasteiger partial charge in [0.1, 0.15) is 11.6 Å². The second-order valence-electron chi connectivity index (χ2n) is 3.23. The number of hydrogen-bond donors (Lipinski definition) is 1. The highest BCUT2D eigenvalue weighted by atomic mass is 32.1. The summed E-state index contributed by atoms with van der Waals surface area (Å²) < 4.78 is 0. The van der Waals surface area contributed by atoms with Crippen LogP contribution in [0.2, 0.25) is 0 Å². The van der Waals surface area contributed by atoms with Gasteiger partial charge in [0.15, 0.2) is 0 Å². The average Bonchev–Trinajstić information content (AvgIpc) is 3.00. The van der Waals surface area contributed by atoms with Gasteiger partial charge in [0, 0.05) is 24.0 Å². The van der Waals surface area contributed by atoms with E-state index in [-0.39, 0.29) is 0 Å². The van der Waals surface area contributed by atoms with E-state index < -0.39 is 0 Å².